The van der Waals surface area contributed by atoms with E-state index in [-0.39, 0.29) is 18.3 Å². The first-order valence-corrected chi connectivity index (χ1v) is 5.67. The van der Waals surface area contributed by atoms with Gasteiger partial charge >= 0.3 is 5.97 Å². The van der Waals surface area contributed by atoms with Gasteiger partial charge in [0.15, 0.2) is 0 Å². The molecule has 0 amide bonds. The molecule has 0 spiro atoms. The van der Waals surface area contributed by atoms with E-state index in [9.17, 15) is 4.79 Å². The molecule has 0 aromatic heterocycles. The van der Waals surface area contributed by atoms with Crippen LogP contribution in [0.3, 0.4) is 0 Å². The molecule has 2 unspecified atom stereocenters. The van der Waals surface area contributed by atoms with Crippen LogP contribution in [0.25, 0.3) is 0 Å². The summed E-state index contributed by atoms with van der Waals surface area (Å²) in [6.45, 7) is 5.79. The lowest BCUT2D eigenvalue weighted by atomic mass is 9.85. The van der Waals surface area contributed by atoms with Crippen molar-refractivity contribution in [3.63, 3.8) is 0 Å². The molecule has 0 bridgehead atoms. The fraction of sp³-hybridized carbons (Fsp3) is 0.750. The minimum Gasteiger partial charge on any atom is -0.478 e. The van der Waals surface area contributed by atoms with Gasteiger partial charge in [0.1, 0.15) is 0 Å². The molecule has 0 saturated heterocycles. The van der Waals surface area contributed by atoms with Gasteiger partial charge in [0.05, 0.1) is 18.3 Å². The van der Waals surface area contributed by atoms with E-state index in [1.165, 1.54) is 19.3 Å². The first kappa shape index (κ1) is 12.2. The summed E-state index contributed by atoms with van der Waals surface area (Å²) in [5, 5.41) is 8.66. The number of aliphatic carboxylic acids is 1. The Labute approximate surface area is 91.1 Å². The summed E-state index contributed by atoms with van der Waals surface area (Å²) in [5.41, 5.74) is 0.149. The average Bonchev–Trinajstić information content (AvgIpc) is 2.26. The summed E-state index contributed by atoms with van der Waals surface area (Å²) in [6.07, 6.45) is 6.09. The first-order valence-electron chi connectivity index (χ1n) is 5.67. The van der Waals surface area contributed by atoms with E-state index in [2.05, 4.69) is 13.5 Å². The number of carboxylic acid groups (broad SMARTS) is 1. The first-order chi connectivity index (χ1) is 7.15. The zero-order chi connectivity index (χ0) is 11.3. The highest BCUT2D eigenvalue weighted by Gasteiger charge is 2.24. The van der Waals surface area contributed by atoms with Gasteiger partial charge in [-0.05, 0) is 18.8 Å². The van der Waals surface area contributed by atoms with Gasteiger partial charge in [-0.1, -0.05) is 32.8 Å². The summed E-state index contributed by atoms with van der Waals surface area (Å²) in [7, 11) is 0. The van der Waals surface area contributed by atoms with E-state index in [1.54, 1.807) is 0 Å². The van der Waals surface area contributed by atoms with Crippen LogP contribution >= 0.6 is 0 Å². The molecular weight excluding hydrogens is 192 g/mol. The van der Waals surface area contributed by atoms with Gasteiger partial charge in [-0.15, -0.1) is 0 Å². The van der Waals surface area contributed by atoms with Gasteiger partial charge in [-0.3, -0.25) is 0 Å². The smallest absolute Gasteiger partial charge is 0.333 e. The fourth-order valence-electron chi connectivity index (χ4n) is 2.13. The third-order valence-corrected chi connectivity index (χ3v) is 3.14. The molecule has 1 aliphatic carbocycles. The van der Waals surface area contributed by atoms with Crippen molar-refractivity contribution in [2.75, 3.05) is 6.61 Å². The Morgan fingerprint density at radius 3 is 2.73 bits per heavy atom. The second-order valence-corrected chi connectivity index (χ2v) is 4.21. The molecule has 0 radical (unpaired) electrons. The highest BCUT2D eigenvalue weighted by atomic mass is 16.5. The number of carboxylic acids is 1. The second kappa shape index (κ2) is 5.91. The molecule has 3 nitrogen and oxygen atoms in total. The summed E-state index contributed by atoms with van der Waals surface area (Å²) < 4.78 is 5.63. The van der Waals surface area contributed by atoms with Crippen molar-refractivity contribution in [1.29, 1.82) is 0 Å². The Morgan fingerprint density at radius 1 is 1.47 bits per heavy atom. The molecule has 0 aliphatic heterocycles. The van der Waals surface area contributed by atoms with Crippen LogP contribution in [-0.4, -0.2) is 23.8 Å². The predicted octanol–water partition coefficient (Wildman–Crippen LogP) is 2.61. The van der Waals surface area contributed by atoms with Crippen LogP contribution in [0.5, 0.6) is 0 Å². The molecule has 1 fully saturated rings. The van der Waals surface area contributed by atoms with E-state index in [0.717, 1.165) is 12.8 Å². The standard InChI is InChI=1S/C12H20O3/c1-3-10-6-4-5-7-11(10)15-8-9(2)12(13)14/h10-11H,2-8H2,1H3,(H,13,14). The van der Waals surface area contributed by atoms with E-state index in [0.29, 0.717) is 5.92 Å². The van der Waals surface area contributed by atoms with Crippen LogP contribution in [0, 0.1) is 5.92 Å². The number of rotatable bonds is 5. The van der Waals surface area contributed by atoms with Crippen molar-refractivity contribution in [2.24, 2.45) is 5.92 Å². The number of ether oxygens (including phenoxy) is 1. The molecule has 0 heterocycles. The van der Waals surface area contributed by atoms with Crippen molar-refractivity contribution in [1.82, 2.24) is 0 Å². The zero-order valence-corrected chi connectivity index (χ0v) is 9.37. The number of hydrogen-bond acceptors (Lipinski definition) is 2. The lowest BCUT2D eigenvalue weighted by Gasteiger charge is -2.30. The predicted molar refractivity (Wildman–Crippen MR) is 58.8 cm³/mol. The van der Waals surface area contributed by atoms with E-state index in [1.807, 2.05) is 0 Å². The van der Waals surface area contributed by atoms with Crippen molar-refractivity contribution >= 4 is 5.97 Å². The minimum atomic E-state index is -0.959. The van der Waals surface area contributed by atoms with Crippen molar-refractivity contribution in [3.8, 4) is 0 Å². The highest BCUT2D eigenvalue weighted by molar-refractivity contribution is 5.85. The molecular formula is C12H20O3. The van der Waals surface area contributed by atoms with Crippen LogP contribution < -0.4 is 0 Å². The Hall–Kier alpha value is -0.830. The van der Waals surface area contributed by atoms with Crippen LogP contribution in [-0.2, 0) is 9.53 Å². The fourth-order valence-corrected chi connectivity index (χ4v) is 2.13. The lowest BCUT2D eigenvalue weighted by molar-refractivity contribution is -0.133. The Morgan fingerprint density at radius 2 is 2.13 bits per heavy atom. The molecule has 15 heavy (non-hydrogen) atoms. The topological polar surface area (TPSA) is 46.5 Å². The van der Waals surface area contributed by atoms with Gasteiger partial charge < -0.3 is 9.84 Å². The zero-order valence-electron chi connectivity index (χ0n) is 9.37. The number of carbonyl (C=O) groups is 1. The summed E-state index contributed by atoms with van der Waals surface area (Å²) in [5.74, 6) is -0.362. The largest absolute Gasteiger partial charge is 0.478 e. The van der Waals surface area contributed by atoms with Crippen LogP contribution in [0.2, 0.25) is 0 Å². The molecule has 1 rings (SSSR count). The molecule has 1 N–H and O–H groups in total. The SMILES string of the molecule is C=C(COC1CCCCC1CC)C(=O)O. The van der Waals surface area contributed by atoms with E-state index < -0.39 is 5.97 Å². The summed E-state index contributed by atoms with van der Waals surface area (Å²) in [4.78, 5) is 10.5. The lowest BCUT2D eigenvalue weighted by Crippen LogP contribution is -2.28. The summed E-state index contributed by atoms with van der Waals surface area (Å²) in [6, 6.07) is 0. The molecule has 2 atom stereocenters. The van der Waals surface area contributed by atoms with Gasteiger partial charge in [0, 0.05) is 0 Å². The van der Waals surface area contributed by atoms with E-state index >= 15 is 0 Å². The van der Waals surface area contributed by atoms with E-state index in [4.69, 9.17) is 9.84 Å². The third kappa shape index (κ3) is 3.67. The maximum absolute atomic E-state index is 10.5. The molecule has 1 aliphatic rings. The van der Waals surface area contributed by atoms with Gasteiger partial charge in [-0.2, -0.15) is 0 Å². The van der Waals surface area contributed by atoms with Crippen LogP contribution in [0.15, 0.2) is 12.2 Å². The second-order valence-electron chi connectivity index (χ2n) is 4.21. The molecule has 0 aromatic rings. The minimum absolute atomic E-state index is 0.149. The Balaban J connectivity index is 2.35. The quantitative estimate of drug-likeness (QED) is 0.712. The molecule has 3 heteroatoms. The Kier molecular flexibility index (Phi) is 4.82. The van der Waals surface area contributed by atoms with Gasteiger partial charge in [0.25, 0.3) is 0 Å². The third-order valence-electron chi connectivity index (χ3n) is 3.14. The number of hydrogen-bond donors (Lipinski definition) is 1. The normalized spacial score (nSPS) is 26.2. The van der Waals surface area contributed by atoms with Crippen molar-refractivity contribution < 1.29 is 14.6 Å². The van der Waals surface area contributed by atoms with Crippen molar-refractivity contribution in [2.45, 2.75) is 45.1 Å². The average molecular weight is 212 g/mol. The Bertz CT molecular complexity index is 235. The maximum atomic E-state index is 10.5. The van der Waals surface area contributed by atoms with Crippen LogP contribution in [0.1, 0.15) is 39.0 Å². The highest BCUT2D eigenvalue weighted by Crippen LogP contribution is 2.29. The van der Waals surface area contributed by atoms with Gasteiger partial charge in [-0.25, -0.2) is 4.79 Å². The molecule has 0 aromatic carbocycles. The monoisotopic (exact) mass is 212 g/mol. The maximum Gasteiger partial charge on any atom is 0.333 e. The molecule has 1 saturated carbocycles. The summed E-state index contributed by atoms with van der Waals surface area (Å²) >= 11 is 0. The van der Waals surface area contributed by atoms with Crippen molar-refractivity contribution in [3.05, 3.63) is 12.2 Å². The molecule has 86 valence electrons. The van der Waals surface area contributed by atoms with Crippen LogP contribution in [0.4, 0.5) is 0 Å². The van der Waals surface area contributed by atoms with Gasteiger partial charge in [0.2, 0.25) is 0 Å².